The standard InChI is InChI=1S/C11H20FNO2/c1-11(2,3)15-10(14)7-4-5-9(13)8(12)6-7/h7-9H,4-6,13H2,1-3H3/t7?,8-,9-/m1/s1. The molecule has 0 bridgehead atoms. The Hall–Kier alpha value is -0.640. The predicted molar refractivity (Wildman–Crippen MR) is 56.1 cm³/mol. The Bertz CT molecular complexity index is 237. The fraction of sp³-hybridized carbons (Fsp3) is 0.909. The highest BCUT2D eigenvalue weighted by Crippen LogP contribution is 2.28. The molecule has 1 unspecified atom stereocenters. The first-order valence-corrected chi connectivity index (χ1v) is 5.42. The van der Waals surface area contributed by atoms with E-state index in [-0.39, 0.29) is 18.3 Å². The van der Waals surface area contributed by atoms with Crippen molar-refractivity contribution in [2.45, 2.75) is 57.8 Å². The second kappa shape index (κ2) is 4.47. The van der Waals surface area contributed by atoms with Crippen LogP contribution in [0.1, 0.15) is 40.0 Å². The van der Waals surface area contributed by atoms with Gasteiger partial charge in [0.25, 0.3) is 0 Å². The maximum Gasteiger partial charge on any atom is 0.309 e. The number of ether oxygens (including phenoxy) is 1. The highest BCUT2D eigenvalue weighted by atomic mass is 19.1. The third-order valence-corrected chi connectivity index (χ3v) is 2.56. The third kappa shape index (κ3) is 3.78. The van der Waals surface area contributed by atoms with Gasteiger partial charge in [0.1, 0.15) is 11.8 Å². The summed E-state index contributed by atoms with van der Waals surface area (Å²) in [6.45, 7) is 5.44. The lowest BCUT2D eigenvalue weighted by molar-refractivity contribution is -0.162. The Morgan fingerprint density at radius 2 is 2.00 bits per heavy atom. The van der Waals surface area contributed by atoms with Gasteiger partial charge in [0.15, 0.2) is 0 Å². The van der Waals surface area contributed by atoms with Crippen molar-refractivity contribution in [3.63, 3.8) is 0 Å². The summed E-state index contributed by atoms with van der Waals surface area (Å²) in [6.07, 6.45) is 0.328. The lowest BCUT2D eigenvalue weighted by Crippen LogP contribution is -2.41. The molecule has 0 saturated heterocycles. The smallest absolute Gasteiger partial charge is 0.309 e. The van der Waals surface area contributed by atoms with Gasteiger partial charge in [-0.25, -0.2) is 4.39 Å². The van der Waals surface area contributed by atoms with E-state index in [4.69, 9.17) is 10.5 Å². The fourth-order valence-electron chi connectivity index (χ4n) is 1.74. The molecule has 0 aromatic rings. The molecule has 1 rings (SSSR count). The van der Waals surface area contributed by atoms with E-state index >= 15 is 0 Å². The molecule has 1 aliphatic rings. The zero-order chi connectivity index (χ0) is 11.6. The van der Waals surface area contributed by atoms with Gasteiger partial charge in [-0.2, -0.15) is 0 Å². The molecule has 0 aliphatic heterocycles. The molecule has 2 N–H and O–H groups in total. The van der Waals surface area contributed by atoms with Crippen LogP contribution in [0, 0.1) is 5.92 Å². The second-order valence-electron chi connectivity index (χ2n) is 5.22. The summed E-state index contributed by atoms with van der Waals surface area (Å²) < 4.78 is 18.5. The zero-order valence-corrected chi connectivity index (χ0v) is 9.63. The number of carbonyl (C=O) groups excluding carboxylic acids is 1. The van der Waals surface area contributed by atoms with Gasteiger partial charge in [0.05, 0.1) is 5.92 Å². The van der Waals surface area contributed by atoms with Crippen LogP contribution in [0.2, 0.25) is 0 Å². The van der Waals surface area contributed by atoms with E-state index in [1.165, 1.54) is 0 Å². The summed E-state index contributed by atoms with van der Waals surface area (Å²) >= 11 is 0. The van der Waals surface area contributed by atoms with Crippen LogP contribution in [0.4, 0.5) is 4.39 Å². The number of hydrogen-bond acceptors (Lipinski definition) is 3. The summed E-state index contributed by atoms with van der Waals surface area (Å²) in [4.78, 5) is 11.6. The molecule has 1 saturated carbocycles. The number of nitrogens with two attached hydrogens (primary N) is 1. The first-order chi connectivity index (χ1) is 6.79. The molecule has 88 valence electrons. The van der Waals surface area contributed by atoms with Gasteiger partial charge in [0, 0.05) is 6.04 Å². The minimum Gasteiger partial charge on any atom is -0.460 e. The minimum absolute atomic E-state index is 0.204. The minimum atomic E-state index is -1.07. The lowest BCUT2D eigenvalue weighted by Gasteiger charge is -2.30. The van der Waals surface area contributed by atoms with Crippen molar-refractivity contribution in [3.8, 4) is 0 Å². The van der Waals surface area contributed by atoms with E-state index in [1.54, 1.807) is 0 Å². The Balaban J connectivity index is 2.48. The van der Waals surface area contributed by atoms with Crippen LogP contribution in [0.15, 0.2) is 0 Å². The number of rotatable bonds is 1. The van der Waals surface area contributed by atoms with Crippen molar-refractivity contribution in [3.05, 3.63) is 0 Å². The molecule has 15 heavy (non-hydrogen) atoms. The van der Waals surface area contributed by atoms with Crippen molar-refractivity contribution in [1.82, 2.24) is 0 Å². The molecule has 0 aromatic heterocycles. The summed E-state index contributed by atoms with van der Waals surface area (Å²) in [5.74, 6) is -0.615. The van der Waals surface area contributed by atoms with Crippen LogP contribution in [-0.4, -0.2) is 23.8 Å². The SMILES string of the molecule is CC(C)(C)OC(=O)C1CC[C@@H](N)[C@H](F)C1. The topological polar surface area (TPSA) is 52.3 Å². The average molecular weight is 217 g/mol. The third-order valence-electron chi connectivity index (χ3n) is 2.56. The van der Waals surface area contributed by atoms with Crippen molar-refractivity contribution in [2.24, 2.45) is 11.7 Å². The van der Waals surface area contributed by atoms with Crippen LogP contribution in [0.5, 0.6) is 0 Å². The molecule has 1 aliphatic carbocycles. The average Bonchev–Trinajstić information content (AvgIpc) is 2.06. The number of carbonyl (C=O) groups is 1. The lowest BCUT2D eigenvalue weighted by atomic mass is 9.85. The van der Waals surface area contributed by atoms with Gasteiger partial charge in [-0.3, -0.25) is 4.79 Å². The molecular weight excluding hydrogens is 197 g/mol. The normalized spacial score (nSPS) is 32.5. The highest BCUT2D eigenvalue weighted by Gasteiger charge is 2.34. The first-order valence-electron chi connectivity index (χ1n) is 5.42. The van der Waals surface area contributed by atoms with Crippen molar-refractivity contribution in [2.75, 3.05) is 0 Å². The van der Waals surface area contributed by atoms with Crippen LogP contribution >= 0.6 is 0 Å². The molecule has 0 spiro atoms. The Morgan fingerprint density at radius 3 is 2.47 bits per heavy atom. The van der Waals surface area contributed by atoms with Gasteiger partial charge in [-0.15, -0.1) is 0 Å². The predicted octanol–water partition coefficient (Wildman–Crippen LogP) is 1.79. The molecular formula is C11H20FNO2. The molecule has 0 aromatic carbocycles. The molecule has 3 nitrogen and oxygen atoms in total. The Labute approximate surface area is 90.2 Å². The highest BCUT2D eigenvalue weighted by molar-refractivity contribution is 5.73. The molecule has 0 amide bonds. The van der Waals surface area contributed by atoms with E-state index < -0.39 is 17.8 Å². The van der Waals surface area contributed by atoms with E-state index in [0.29, 0.717) is 12.8 Å². The van der Waals surface area contributed by atoms with E-state index in [0.717, 1.165) is 0 Å². The maximum absolute atomic E-state index is 13.3. The van der Waals surface area contributed by atoms with Gasteiger partial charge < -0.3 is 10.5 Å². The van der Waals surface area contributed by atoms with Crippen LogP contribution in [0.3, 0.4) is 0 Å². The largest absolute Gasteiger partial charge is 0.460 e. The molecule has 0 radical (unpaired) electrons. The van der Waals surface area contributed by atoms with Crippen LogP contribution in [0.25, 0.3) is 0 Å². The number of hydrogen-bond donors (Lipinski definition) is 1. The zero-order valence-electron chi connectivity index (χ0n) is 9.63. The van der Waals surface area contributed by atoms with Crippen LogP contribution < -0.4 is 5.73 Å². The summed E-state index contributed by atoms with van der Waals surface area (Å²) in [5.41, 5.74) is 5.04. The quantitative estimate of drug-likeness (QED) is 0.681. The van der Waals surface area contributed by atoms with Crippen molar-refractivity contribution < 1.29 is 13.9 Å². The van der Waals surface area contributed by atoms with Crippen molar-refractivity contribution in [1.29, 1.82) is 0 Å². The van der Waals surface area contributed by atoms with Crippen molar-refractivity contribution >= 4 is 5.97 Å². The number of halogens is 1. The van der Waals surface area contributed by atoms with E-state index in [9.17, 15) is 9.18 Å². The summed E-state index contributed by atoms with van der Waals surface area (Å²) in [5, 5.41) is 0. The summed E-state index contributed by atoms with van der Waals surface area (Å²) in [7, 11) is 0. The van der Waals surface area contributed by atoms with Gasteiger partial charge in [-0.1, -0.05) is 0 Å². The maximum atomic E-state index is 13.3. The van der Waals surface area contributed by atoms with Gasteiger partial charge in [0.2, 0.25) is 0 Å². The van der Waals surface area contributed by atoms with Crippen LogP contribution in [-0.2, 0) is 9.53 Å². The first kappa shape index (κ1) is 12.4. The Morgan fingerprint density at radius 1 is 1.40 bits per heavy atom. The number of esters is 1. The summed E-state index contributed by atoms with van der Waals surface area (Å²) in [6, 6.07) is -0.413. The molecule has 4 heteroatoms. The monoisotopic (exact) mass is 217 g/mol. The molecule has 0 heterocycles. The molecule has 1 fully saturated rings. The second-order valence-corrected chi connectivity index (χ2v) is 5.22. The van der Waals surface area contributed by atoms with E-state index in [1.807, 2.05) is 20.8 Å². The van der Waals surface area contributed by atoms with Gasteiger partial charge in [-0.05, 0) is 40.0 Å². The number of alkyl halides is 1. The Kier molecular flexibility index (Phi) is 3.71. The molecule has 3 atom stereocenters. The van der Waals surface area contributed by atoms with Gasteiger partial charge >= 0.3 is 5.97 Å². The van der Waals surface area contributed by atoms with E-state index in [2.05, 4.69) is 0 Å². The fourth-order valence-corrected chi connectivity index (χ4v) is 1.74.